The molecule has 5 aromatic rings. The number of nitrogens with zero attached hydrogens (tertiary/aromatic N) is 1. The average molecular weight is 742 g/mol. The molecule has 4 heterocycles. The molecule has 13 nitrogen and oxygen atoms in total. The summed E-state index contributed by atoms with van der Waals surface area (Å²) in [7, 11) is 1.54. The largest absolute Gasteiger partial charge is 0.497 e. The third kappa shape index (κ3) is 6.41. The summed E-state index contributed by atoms with van der Waals surface area (Å²) in [5.74, 6) is -0.294. The van der Waals surface area contributed by atoms with Crippen LogP contribution in [-0.4, -0.2) is 54.6 Å². The summed E-state index contributed by atoms with van der Waals surface area (Å²) in [5, 5.41) is 12.0. The van der Waals surface area contributed by atoms with Crippen molar-refractivity contribution in [1.29, 1.82) is 0 Å². The van der Waals surface area contributed by atoms with Crippen LogP contribution in [0.1, 0.15) is 74.6 Å². The number of anilines is 1. The second-order valence-electron chi connectivity index (χ2n) is 14.1. The third-order valence-electron chi connectivity index (χ3n) is 10.3. The Bertz CT molecular complexity index is 2290. The number of ketones is 1. The molecule has 280 valence electrons. The van der Waals surface area contributed by atoms with Gasteiger partial charge in [-0.1, -0.05) is 74.5 Å². The number of aromatic nitrogens is 1. The molecule has 0 aliphatic carbocycles. The minimum absolute atomic E-state index is 0.0256. The van der Waals surface area contributed by atoms with E-state index in [4.69, 9.17) is 23.6 Å². The minimum Gasteiger partial charge on any atom is -0.497 e. The molecule has 4 bridgehead atoms. The van der Waals surface area contributed by atoms with Gasteiger partial charge in [0.1, 0.15) is 35.6 Å². The van der Waals surface area contributed by atoms with Crippen LogP contribution in [0, 0.1) is 5.92 Å². The Morgan fingerprint density at radius 1 is 0.945 bits per heavy atom. The molecule has 55 heavy (non-hydrogen) atoms. The number of rotatable bonds is 9. The van der Waals surface area contributed by atoms with Crippen molar-refractivity contribution in [1.82, 2.24) is 20.9 Å². The molecule has 0 fully saturated rings. The maximum Gasteiger partial charge on any atom is 0.408 e. The van der Waals surface area contributed by atoms with E-state index in [2.05, 4.69) is 21.3 Å². The predicted octanol–water partition coefficient (Wildman–Crippen LogP) is 5.44. The van der Waals surface area contributed by atoms with Crippen molar-refractivity contribution in [3.8, 4) is 11.5 Å². The number of carbonyl (C=O) groups is 4. The molecule has 4 atom stereocenters. The Morgan fingerprint density at radius 2 is 1.71 bits per heavy atom. The summed E-state index contributed by atoms with van der Waals surface area (Å²) in [6.45, 7) is 3.49. The van der Waals surface area contributed by atoms with Crippen molar-refractivity contribution < 1.29 is 37.8 Å². The van der Waals surface area contributed by atoms with Crippen molar-refractivity contribution in [3.63, 3.8) is 0 Å². The molecule has 1 spiro atoms. The molecule has 1 aromatic heterocycles. The highest BCUT2D eigenvalue weighted by Gasteiger charge is 2.61. The molecular weight excluding hydrogens is 702 g/mol. The number of amides is 3. The monoisotopic (exact) mass is 741 g/mol. The second kappa shape index (κ2) is 14.3. The lowest BCUT2D eigenvalue weighted by molar-refractivity contribution is -0.124. The first-order valence-corrected chi connectivity index (χ1v) is 18.1. The maximum absolute atomic E-state index is 14.3. The van der Waals surface area contributed by atoms with Gasteiger partial charge >= 0.3 is 6.09 Å². The Morgan fingerprint density at radius 3 is 2.47 bits per heavy atom. The number of hydrogen-bond acceptors (Lipinski definition) is 10. The number of para-hydroxylation sites is 1. The summed E-state index contributed by atoms with van der Waals surface area (Å²) in [6, 6.07) is 27.2. The van der Waals surface area contributed by atoms with Crippen LogP contribution < -0.4 is 30.7 Å². The SMILES string of the molecule is COc1ccc(C(=O)CNC(=O)c2nc3oc2[C@@]24c5ccccc5NC2Oc2ccc(cc24)C[C@H](NC(=O)OCc2ccccc2)C(=O)N[C@H]3C(C)C)cc1. The topological polar surface area (TPSA) is 170 Å². The van der Waals surface area contributed by atoms with Gasteiger partial charge in [-0.15, -0.1) is 0 Å². The van der Waals surface area contributed by atoms with Crippen molar-refractivity contribution in [2.45, 2.75) is 50.6 Å². The van der Waals surface area contributed by atoms with Crippen LogP contribution in [0.15, 0.2) is 101 Å². The van der Waals surface area contributed by atoms with E-state index in [0.29, 0.717) is 28.2 Å². The number of alkyl carbamates (subject to hydrolysis) is 1. The maximum atomic E-state index is 14.3. The van der Waals surface area contributed by atoms with Gasteiger partial charge in [-0.3, -0.25) is 14.4 Å². The minimum atomic E-state index is -1.21. The predicted molar refractivity (Wildman–Crippen MR) is 200 cm³/mol. The highest BCUT2D eigenvalue weighted by Crippen LogP contribution is 2.58. The van der Waals surface area contributed by atoms with E-state index in [9.17, 15) is 19.2 Å². The molecule has 3 amide bonds. The van der Waals surface area contributed by atoms with Gasteiger partial charge in [0.25, 0.3) is 5.91 Å². The van der Waals surface area contributed by atoms with E-state index in [1.165, 1.54) is 7.11 Å². The number of hydrogen-bond donors (Lipinski definition) is 4. The van der Waals surface area contributed by atoms with Gasteiger partial charge in [0.2, 0.25) is 11.8 Å². The van der Waals surface area contributed by atoms with Gasteiger partial charge in [0.15, 0.2) is 23.5 Å². The normalized spacial score (nSPS) is 20.4. The van der Waals surface area contributed by atoms with Gasteiger partial charge < -0.3 is 39.9 Å². The first kappa shape index (κ1) is 35.4. The number of carbonyl (C=O) groups excluding carboxylic acids is 4. The fraction of sp³-hybridized carbons (Fsp3) is 0.262. The van der Waals surface area contributed by atoms with Crippen LogP contribution in [-0.2, 0) is 28.0 Å². The third-order valence-corrected chi connectivity index (χ3v) is 10.3. The number of fused-ring (bicyclic) bond motifs is 4. The number of Topliss-reactive ketones (excluding diaryl/α,β-unsaturated/α-hetero) is 1. The molecule has 0 saturated carbocycles. The van der Waals surface area contributed by atoms with Crippen molar-refractivity contribution >= 4 is 29.4 Å². The summed E-state index contributed by atoms with van der Waals surface area (Å²) in [4.78, 5) is 59.6. The molecule has 3 aliphatic heterocycles. The highest BCUT2D eigenvalue weighted by molar-refractivity contribution is 6.02. The van der Waals surface area contributed by atoms with Gasteiger partial charge in [-0.05, 0) is 59.0 Å². The lowest BCUT2D eigenvalue weighted by Gasteiger charge is -2.28. The quantitative estimate of drug-likeness (QED) is 0.143. The van der Waals surface area contributed by atoms with E-state index < -0.39 is 41.6 Å². The molecule has 0 radical (unpaired) electrons. The van der Waals surface area contributed by atoms with E-state index in [1.807, 2.05) is 86.6 Å². The molecule has 4 aromatic carbocycles. The Hall–Kier alpha value is -6.63. The number of oxazole rings is 1. The fourth-order valence-electron chi connectivity index (χ4n) is 7.49. The Kier molecular flexibility index (Phi) is 9.21. The number of methoxy groups -OCH3 is 1. The molecule has 1 unspecified atom stereocenters. The van der Waals surface area contributed by atoms with Gasteiger partial charge in [-0.2, -0.15) is 0 Å². The lowest BCUT2D eigenvalue weighted by atomic mass is 9.72. The fourth-order valence-corrected chi connectivity index (χ4v) is 7.49. The number of benzene rings is 4. The van der Waals surface area contributed by atoms with E-state index in [1.54, 1.807) is 24.3 Å². The van der Waals surface area contributed by atoms with Crippen LogP contribution in [0.3, 0.4) is 0 Å². The average Bonchev–Trinajstić information content (AvgIpc) is 3.87. The number of nitrogens with one attached hydrogen (secondary N) is 4. The van der Waals surface area contributed by atoms with Crippen molar-refractivity contribution in [2.24, 2.45) is 5.92 Å². The van der Waals surface area contributed by atoms with Crippen molar-refractivity contribution in [3.05, 3.63) is 142 Å². The first-order chi connectivity index (χ1) is 26.6. The highest BCUT2D eigenvalue weighted by atomic mass is 16.5. The molecule has 13 heteroatoms. The molecule has 3 aliphatic rings. The summed E-state index contributed by atoms with van der Waals surface area (Å²) >= 11 is 0. The molecule has 4 N–H and O–H groups in total. The van der Waals surface area contributed by atoms with Crippen LogP contribution in [0.2, 0.25) is 0 Å². The molecular formula is C42H39N5O8. The van der Waals surface area contributed by atoms with Gasteiger partial charge in [-0.25, -0.2) is 9.78 Å². The Labute approximate surface area is 316 Å². The lowest BCUT2D eigenvalue weighted by Crippen LogP contribution is -2.49. The summed E-state index contributed by atoms with van der Waals surface area (Å²) < 4.78 is 24.0. The van der Waals surface area contributed by atoms with Crippen LogP contribution >= 0.6 is 0 Å². The zero-order valence-electron chi connectivity index (χ0n) is 30.4. The number of ether oxygens (including phenoxy) is 3. The standard InChI is InChI=1S/C42H39N5O8/c1-23(2)34-39-47-35(38(50)43-21-32(48)26-14-16-27(52-3)17-15-26)36(55-39)42-28-11-7-8-12-30(28)44-40(42)54-33-18-13-25(19-29(33)42)20-31(37(49)46-34)45-41(51)53-22-24-9-5-4-6-10-24/h4-19,23,31,34,40,44H,20-22H2,1-3H3,(H,43,50)(H,45,51)(H,46,49)/t31-,34-,40?,42-/m0/s1. The summed E-state index contributed by atoms with van der Waals surface area (Å²) in [5.41, 5.74) is 2.91. The van der Waals surface area contributed by atoms with Crippen LogP contribution in [0.25, 0.3) is 0 Å². The van der Waals surface area contributed by atoms with E-state index in [-0.39, 0.29) is 48.6 Å². The van der Waals surface area contributed by atoms with Crippen LogP contribution in [0.4, 0.5) is 10.5 Å². The van der Waals surface area contributed by atoms with Gasteiger partial charge in [0, 0.05) is 23.2 Å². The van der Waals surface area contributed by atoms with Gasteiger partial charge in [0.05, 0.1) is 13.7 Å². The van der Waals surface area contributed by atoms with E-state index >= 15 is 0 Å². The smallest absolute Gasteiger partial charge is 0.408 e. The molecule has 0 saturated heterocycles. The van der Waals surface area contributed by atoms with E-state index in [0.717, 1.165) is 16.8 Å². The first-order valence-electron chi connectivity index (χ1n) is 18.1. The summed E-state index contributed by atoms with van der Waals surface area (Å²) in [6.07, 6.45) is -1.37. The molecule has 8 rings (SSSR count). The van der Waals surface area contributed by atoms with Crippen molar-refractivity contribution in [2.75, 3.05) is 19.0 Å². The Balaban J connectivity index is 1.20. The zero-order valence-corrected chi connectivity index (χ0v) is 30.4. The second-order valence-corrected chi connectivity index (χ2v) is 14.1. The van der Waals surface area contributed by atoms with Crippen LogP contribution in [0.5, 0.6) is 11.5 Å². The zero-order chi connectivity index (χ0) is 38.3.